The first-order valence-electron chi connectivity index (χ1n) is 8.69. The summed E-state index contributed by atoms with van der Waals surface area (Å²) in [5.74, 6) is 7.86. The lowest BCUT2D eigenvalue weighted by atomic mass is 9.87. The first kappa shape index (κ1) is 18.2. The largest absolute Gasteiger partial charge is 0.379 e. The Morgan fingerprint density at radius 2 is 1.80 bits per heavy atom. The number of benzene rings is 1. The summed E-state index contributed by atoms with van der Waals surface area (Å²) < 4.78 is 6.96. The van der Waals surface area contributed by atoms with Gasteiger partial charge in [-0.25, -0.2) is 4.68 Å². The third-order valence-electron chi connectivity index (χ3n) is 4.42. The first-order valence-corrected chi connectivity index (χ1v) is 9.68. The number of thioether (sulfide) groups is 1. The van der Waals surface area contributed by atoms with Gasteiger partial charge in [0.15, 0.2) is 5.82 Å². The van der Waals surface area contributed by atoms with Crippen LogP contribution < -0.4 is 5.84 Å². The van der Waals surface area contributed by atoms with Crippen LogP contribution in [0.15, 0.2) is 29.4 Å². The number of nitrogen functional groups attached to an aromatic ring is 1. The molecule has 1 fully saturated rings. The molecule has 0 spiro atoms. The topological polar surface area (TPSA) is 69.2 Å². The molecular formula is C18H27N5OS. The third-order valence-corrected chi connectivity index (χ3v) is 5.34. The molecule has 6 nitrogen and oxygen atoms in total. The van der Waals surface area contributed by atoms with Crippen LogP contribution in [0.4, 0.5) is 0 Å². The zero-order chi connectivity index (χ0) is 17.9. The Labute approximate surface area is 153 Å². The van der Waals surface area contributed by atoms with Crippen molar-refractivity contribution in [3.05, 3.63) is 29.8 Å². The summed E-state index contributed by atoms with van der Waals surface area (Å²) in [6, 6.07) is 8.40. The Balaban J connectivity index is 1.62. The van der Waals surface area contributed by atoms with E-state index < -0.39 is 0 Å². The van der Waals surface area contributed by atoms with Crippen LogP contribution in [0, 0.1) is 0 Å². The fourth-order valence-electron chi connectivity index (χ4n) is 2.78. The van der Waals surface area contributed by atoms with Gasteiger partial charge in [-0.15, -0.1) is 10.2 Å². The predicted molar refractivity (Wildman–Crippen MR) is 102 cm³/mol. The van der Waals surface area contributed by atoms with Gasteiger partial charge in [0.2, 0.25) is 5.16 Å². The number of nitrogens with zero attached hydrogens (tertiary/aromatic N) is 4. The van der Waals surface area contributed by atoms with E-state index in [2.05, 4.69) is 60.1 Å². The zero-order valence-corrected chi connectivity index (χ0v) is 16.1. The van der Waals surface area contributed by atoms with Gasteiger partial charge in [0, 0.05) is 31.0 Å². The van der Waals surface area contributed by atoms with Crippen molar-refractivity contribution >= 4 is 11.8 Å². The summed E-state index contributed by atoms with van der Waals surface area (Å²) >= 11 is 1.65. The zero-order valence-electron chi connectivity index (χ0n) is 15.2. The van der Waals surface area contributed by atoms with Crippen molar-refractivity contribution in [2.75, 3.05) is 44.4 Å². The number of hydrogen-bond donors (Lipinski definition) is 1. The lowest BCUT2D eigenvalue weighted by Gasteiger charge is -2.26. The van der Waals surface area contributed by atoms with Crippen molar-refractivity contribution < 1.29 is 4.74 Å². The van der Waals surface area contributed by atoms with Gasteiger partial charge in [0.25, 0.3) is 0 Å². The van der Waals surface area contributed by atoms with Crippen molar-refractivity contribution in [1.82, 2.24) is 19.8 Å². The van der Waals surface area contributed by atoms with Gasteiger partial charge in [0.1, 0.15) is 0 Å². The molecule has 7 heteroatoms. The maximum Gasteiger partial charge on any atom is 0.210 e. The van der Waals surface area contributed by atoms with Gasteiger partial charge < -0.3 is 10.6 Å². The summed E-state index contributed by atoms with van der Waals surface area (Å²) in [6.45, 7) is 11.3. The van der Waals surface area contributed by atoms with Gasteiger partial charge in [-0.3, -0.25) is 4.90 Å². The van der Waals surface area contributed by atoms with E-state index in [1.165, 1.54) is 5.56 Å². The standard InChI is InChI=1S/C18H27N5OS/c1-18(2,3)15-6-4-14(5-7-15)16-20-21-17(23(16)19)25-13-10-22-8-11-24-12-9-22/h4-7H,8-13,19H2,1-3H3. The van der Waals surface area contributed by atoms with Crippen LogP contribution in [0.5, 0.6) is 0 Å². The van der Waals surface area contributed by atoms with E-state index in [1.54, 1.807) is 16.4 Å². The lowest BCUT2D eigenvalue weighted by molar-refractivity contribution is 0.0410. The van der Waals surface area contributed by atoms with Gasteiger partial charge >= 0.3 is 0 Å². The number of ether oxygens (including phenoxy) is 1. The highest BCUT2D eigenvalue weighted by Crippen LogP contribution is 2.26. The molecule has 1 aliphatic rings. The molecule has 25 heavy (non-hydrogen) atoms. The van der Waals surface area contributed by atoms with Crippen LogP contribution in [-0.4, -0.2) is 58.4 Å². The average molecular weight is 362 g/mol. The van der Waals surface area contributed by atoms with Crippen LogP contribution in [0.25, 0.3) is 11.4 Å². The van der Waals surface area contributed by atoms with Crippen molar-refractivity contribution in [1.29, 1.82) is 0 Å². The van der Waals surface area contributed by atoms with Crippen LogP contribution >= 0.6 is 11.8 Å². The number of nitrogens with two attached hydrogens (primary N) is 1. The molecule has 1 aromatic carbocycles. The van der Waals surface area contributed by atoms with Crippen LogP contribution in [0.3, 0.4) is 0 Å². The normalized spacial score (nSPS) is 16.3. The average Bonchev–Trinajstić information content (AvgIpc) is 2.96. The number of hydrogen-bond acceptors (Lipinski definition) is 6. The Morgan fingerprint density at radius 3 is 2.44 bits per heavy atom. The Hall–Kier alpha value is -1.57. The highest BCUT2D eigenvalue weighted by molar-refractivity contribution is 7.99. The molecule has 0 amide bonds. The Bertz CT molecular complexity index is 686. The molecule has 2 heterocycles. The Morgan fingerprint density at radius 1 is 1.12 bits per heavy atom. The van der Waals surface area contributed by atoms with Crippen LogP contribution in [0.1, 0.15) is 26.3 Å². The predicted octanol–water partition coefficient (Wildman–Crippen LogP) is 2.38. The highest BCUT2D eigenvalue weighted by atomic mass is 32.2. The first-order chi connectivity index (χ1) is 11.9. The van der Waals surface area contributed by atoms with Crippen molar-refractivity contribution in [3.63, 3.8) is 0 Å². The minimum absolute atomic E-state index is 0.134. The fraction of sp³-hybridized carbons (Fsp3) is 0.556. The van der Waals surface area contributed by atoms with Crippen molar-refractivity contribution in [2.24, 2.45) is 0 Å². The quantitative estimate of drug-likeness (QED) is 0.651. The van der Waals surface area contributed by atoms with Crippen LogP contribution in [-0.2, 0) is 10.2 Å². The molecule has 0 atom stereocenters. The lowest BCUT2D eigenvalue weighted by Crippen LogP contribution is -2.37. The second-order valence-electron chi connectivity index (χ2n) is 7.31. The maximum atomic E-state index is 6.22. The molecule has 1 aromatic heterocycles. The Kier molecular flexibility index (Phi) is 5.66. The fourth-order valence-corrected chi connectivity index (χ4v) is 3.64. The molecule has 1 saturated heterocycles. The maximum absolute atomic E-state index is 6.22. The summed E-state index contributed by atoms with van der Waals surface area (Å²) in [6.07, 6.45) is 0. The van der Waals surface area contributed by atoms with E-state index in [0.717, 1.165) is 49.3 Å². The smallest absolute Gasteiger partial charge is 0.210 e. The van der Waals surface area contributed by atoms with Gasteiger partial charge in [-0.2, -0.15) is 0 Å². The molecule has 1 aliphatic heterocycles. The molecular weight excluding hydrogens is 334 g/mol. The van der Waals surface area contributed by atoms with E-state index in [1.807, 2.05) is 0 Å². The molecule has 0 unspecified atom stereocenters. The molecule has 0 saturated carbocycles. The number of rotatable bonds is 5. The molecule has 0 bridgehead atoms. The van der Waals surface area contributed by atoms with E-state index in [-0.39, 0.29) is 5.41 Å². The molecule has 0 aliphatic carbocycles. The van der Waals surface area contributed by atoms with Crippen molar-refractivity contribution in [2.45, 2.75) is 31.3 Å². The van der Waals surface area contributed by atoms with E-state index in [9.17, 15) is 0 Å². The van der Waals surface area contributed by atoms with E-state index in [4.69, 9.17) is 10.6 Å². The summed E-state index contributed by atoms with van der Waals surface area (Å²) in [7, 11) is 0. The van der Waals surface area contributed by atoms with Gasteiger partial charge in [-0.1, -0.05) is 56.8 Å². The minimum Gasteiger partial charge on any atom is -0.379 e. The van der Waals surface area contributed by atoms with E-state index in [0.29, 0.717) is 5.82 Å². The van der Waals surface area contributed by atoms with Gasteiger partial charge in [0.05, 0.1) is 13.2 Å². The number of morpholine rings is 1. The SMILES string of the molecule is CC(C)(C)c1ccc(-c2nnc(SCCN3CCOCC3)n2N)cc1. The second-order valence-corrected chi connectivity index (χ2v) is 8.37. The minimum atomic E-state index is 0.134. The summed E-state index contributed by atoms with van der Waals surface area (Å²) in [4.78, 5) is 2.40. The summed E-state index contributed by atoms with van der Waals surface area (Å²) in [5.41, 5.74) is 2.41. The summed E-state index contributed by atoms with van der Waals surface area (Å²) in [5, 5.41) is 9.28. The second kappa shape index (κ2) is 7.76. The van der Waals surface area contributed by atoms with E-state index >= 15 is 0 Å². The molecule has 2 aromatic rings. The molecule has 0 radical (unpaired) electrons. The third kappa shape index (κ3) is 4.54. The number of aromatic nitrogens is 3. The van der Waals surface area contributed by atoms with Gasteiger partial charge in [-0.05, 0) is 11.0 Å². The van der Waals surface area contributed by atoms with Crippen LogP contribution in [0.2, 0.25) is 0 Å². The highest BCUT2D eigenvalue weighted by Gasteiger charge is 2.16. The molecule has 136 valence electrons. The van der Waals surface area contributed by atoms with Crippen molar-refractivity contribution in [3.8, 4) is 11.4 Å². The molecule has 3 rings (SSSR count). The molecule has 2 N–H and O–H groups in total. The monoisotopic (exact) mass is 361 g/mol.